The normalized spacial score (nSPS) is 12.9. The molecule has 0 saturated heterocycles. The maximum absolute atomic E-state index is 5.27. The second kappa shape index (κ2) is 4.19. The van der Waals surface area contributed by atoms with Crippen molar-refractivity contribution in [3.63, 3.8) is 0 Å². The summed E-state index contributed by atoms with van der Waals surface area (Å²) in [6.45, 7) is 2.17. The zero-order valence-electron chi connectivity index (χ0n) is 8.17. The Kier molecular flexibility index (Phi) is 2.74. The van der Waals surface area contributed by atoms with Crippen molar-refractivity contribution >= 4 is 5.69 Å². The molecule has 0 spiro atoms. The molecule has 0 unspecified atom stereocenters. The van der Waals surface area contributed by atoms with Gasteiger partial charge in [-0.1, -0.05) is 0 Å². The highest BCUT2D eigenvalue weighted by Crippen LogP contribution is 2.33. The van der Waals surface area contributed by atoms with E-state index in [2.05, 4.69) is 10.6 Å². The van der Waals surface area contributed by atoms with Crippen LogP contribution in [0.15, 0.2) is 18.2 Å². The topological polar surface area (TPSA) is 42.5 Å². The van der Waals surface area contributed by atoms with Gasteiger partial charge >= 0.3 is 0 Å². The van der Waals surface area contributed by atoms with Crippen LogP contribution in [0.1, 0.15) is 0 Å². The van der Waals surface area contributed by atoms with E-state index in [-0.39, 0.29) is 0 Å². The summed E-state index contributed by atoms with van der Waals surface area (Å²) < 4.78 is 10.5. The van der Waals surface area contributed by atoms with Gasteiger partial charge in [-0.25, -0.2) is 0 Å². The van der Waals surface area contributed by atoms with Crippen LogP contribution in [0.2, 0.25) is 0 Å². The summed E-state index contributed by atoms with van der Waals surface area (Å²) in [6, 6.07) is 5.87. The van der Waals surface area contributed by atoms with Crippen LogP contribution in [0.3, 0.4) is 0 Å². The number of ether oxygens (including phenoxy) is 2. The Bertz CT molecular complexity index is 315. The standard InChI is InChI=1S/C10H14N2O2/c1-11-4-5-12-8-2-3-9-10(6-8)14-7-13-9/h2-3,6,11-12H,4-5,7H2,1H3. The third-order valence-corrected chi connectivity index (χ3v) is 2.08. The number of rotatable bonds is 4. The average Bonchev–Trinajstić information content (AvgIpc) is 2.65. The van der Waals surface area contributed by atoms with Crippen molar-refractivity contribution in [2.24, 2.45) is 0 Å². The zero-order chi connectivity index (χ0) is 9.80. The minimum atomic E-state index is 0.329. The van der Waals surface area contributed by atoms with Crippen LogP contribution < -0.4 is 20.1 Å². The monoisotopic (exact) mass is 194 g/mol. The van der Waals surface area contributed by atoms with Crippen LogP contribution in [-0.2, 0) is 0 Å². The Morgan fingerprint density at radius 2 is 2.07 bits per heavy atom. The Labute approximate surface area is 83.2 Å². The molecule has 0 fully saturated rings. The van der Waals surface area contributed by atoms with Gasteiger partial charge in [-0.3, -0.25) is 0 Å². The molecule has 1 aliphatic heterocycles. The second-order valence-electron chi connectivity index (χ2n) is 3.10. The molecule has 1 aromatic carbocycles. The molecular weight excluding hydrogens is 180 g/mol. The summed E-state index contributed by atoms with van der Waals surface area (Å²) in [4.78, 5) is 0. The first-order chi connectivity index (χ1) is 6.90. The van der Waals surface area contributed by atoms with E-state index in [9.17, 15) is 0 Å². The number of likely N-dealkylation sites (N-methyl/N-ethyl adjacent to an activating group) is 1. The quantitative estimate of drug-likeness (QED) is 0.703. The first kappa shape index (κ1) is 9.15. The second-order valence-corrected chi connectivity index (χ2v) is 3.10. The molecule has 2 rings (SSSR count). The highest BCUT2D eigenvalue weighted by molar-refractivity contribution is 5.55. The SMILES string of the molecule is CNCCNc1ccc2c(c1)OCO2. The lowest BCUT2D eigenvalue weighted by molar-refractivity contribution is 0.174. The molecule has 1 heterocycles. The van der Waals surface area contributed by atoms with Crippen molar-refractivity contribution < 1.29 is 9.47 Å². The van der Waals surface area contributed by atoms with Crippen molar-refractivity contribution in [2.45, 2.75) is 0 Å². The van der Waals surface area contributed by atoms with Gasteiger partial charge in [-0.2, -0.15) is 0 Å². The molecule has 76 valence electrons. The molecule has 0 radical (unpaired) electrons. The van der Waals surface area contributed by atoms with Gasteiger partial charge in [-0.05, 0) is 19.2 Å². The van der Waals surface area contributed by atoms with Crippen LogP contribution in [0.25, 0.3) is 0 Å². The van der Waals surface area contributed by atoms with Crippen molar-refractivity contribution in [1.29, 1.82) is 0 Å². The van der Waals surface area contributed by atoms with Crippen LogP contribution >= 0.6 is 0 Å². The summed E-state index contributed by atoms with van der Waals surface area (Å²) in [6.07, 6.45) is 0. The molecule has 14 heavy (non-hydrogen) atoms. The Balaban J connectivity index is 1.98. The van der Waals surface area contributed by atoms with Crippen molar-refractivity contribution in [3.05, 3.63) is 18.2 Å². The molecule has 4 nitrogen and oxygen atoms in total. The van der Waals surface area contributed by atoms with Gasteiger partial charge in [0.25, 0.3) is 0 Å². The van der Waals surface area contributed by atoms with Crippen LogP contribution in [-0.4, -0.2) is 26.9 Å². The smallest absolute Gasteiger partial charge is 0.231 e. The highest BCUT2D eigenvalue weighted by atomic mass is 16.7. The molecule has 1 aromatic rings. The van der Waals surface area contributed by atoms with Gasteiger partial charge in [0.2, 0.25) is 6.79 Å². The fourth-order valence-corrected chi connectivity index (χ4v) is 1.34. The highest BCUT2D eigenvalue weighted by Gasteiger charge is 2.12. The van der Waals surface area contributed by atoms with E-state index >= 15 is 0 Å². The maximum atomic E-state index is 5.27. The summed E-state index contributed by atoms with van der Waals surface area (Å²) in [5.74, 6) is 1.64. The fourth-order valence-electron chi connectivity index (χ4n) is 1.34. The lowest BCUT2D eigenvalue weighted by atomic mass is 10.3. The molecule has 2 N–H and O–H groups in total. The average molecular weight is 194 g/mol. The number of hydrogen-bond donors (Lipinski definition) is 2. The number of hydrogen-bond acceptors (Lipinski definition) is 4. The predicted octanol–water partition coefficient (Wildman–Crippen LogP) is 1.05. The molecule has 0 saturated carbocycles. The van der Waals surface area contributed by atoms with E-state index in [1.807, 2.05) is 25.2 Å². The van der Waals surface area contributed by atoms with Crippen LogP contribution in [0.5, 0.6) is 11.5 Å². The van der Waals surface area contributed by atoms with E-state index in [4.69, 9.17) is 9.47 Å². The number of benzene rings is 1. The minimum absolute atomic E-state index is 0.329. The first-order valence-electron chi connectivity index (χ1n) is 4.68. The molecule has 0 aromatic heterocycles. The predicted molar refractivity (Wildman–Crippen MR) is 55.0 cm³/mol. The zero-order valence-corrected chi connectivity index (χ0v) is 8.17. The van der Waals surface area contributed by atoms with Gasteiger partial charge in [0.05, 0.1) is 0 Å². The number of nitrogens with one attached hydrogen (secondary N) is 2. The lowest BCUT2D eigenvalue weighted by Gasteiger charge is -2.06. The lowest BCUT2D eigenvalue weighted by Crippen LogP contribution is -2.17. The summed E-state index contributed by atoms with van der Waals surface area (Å²) in [5.41, 5.74) is 1.06. The number of anilines is 1. The third-order valence-electron chi connectivity index (χ3n) is 2.08. The molecule has 4 heteroatoms. The van der Waals surface area contributed by atoms with E-state index < -0.39 is 0 Å². The maximum Gasteiger partial charge on any atom is 0.231 e. The Morgan fingerprint density at radius 3 is 2.93 bits per heavy atom. The molecule has 0 amide bonds. The molecule has 0 bridgehead atoms. The van der Waals surface area contributed by atoms with Gasteiger partial charge < -0.3 is 20.1 Å². The van der Waals surface area contributed by atoms with Gasteiger partial charge in [-0.15, -0.1) is 0 Å². The van der Waals surface area contributed by atoms with Crippen molar-refractivity contribution in [3.8, 4) is 11.5 Å². The van der Waals surface area contributed by atoms with Crippen molar-refractivity contribution in [2.75, 3.05) is 32.2 Å². The number of fused-ring (bicyclic) bond motifs is 1. The Hall–Kier alpha value is -1.42. The minimum Gasteiger partial charge on any atom is -0.454 e. The first-order valence-corrected chi connectivity index (χ1v) is 4.68. The summed E-state index contributed by atoms with van der Waals surface area (Å²) in [7, 11) is 1.93. The van der Waals surface area contributed by atoms with E-state index in [0.29, 0.717) is 6.79 Å². The van der Waals surface area contributed by atoms with E-state index in [0.717, 1.165) is 30.3 Å². The van der Waals surface area contributed by atoms with Crippen molar-refractivity contribution in [1.82, 2.24) is 5.32 Å². The fraction of sp³-hybridized carbons (Fsp3) is 0.400. The largest absolute Gasteiger partial charge is 0.454 e. The summed E-state index contributed by atoms with van der Waals surface area (Å²) >= 11 is 0. The molecular formula is C10H14N2O2. The molecule has 1 aliphatic rings. The van der Waals surface area contributed by atoms with E-state index in [1.165, 1.54) is 0 Å². The van der Waals surface area contributed by atoms with Crippen LogP contribution in [0.4, 0.5) is 5.69 Å². The Morgan fingerprint density at radius 1 is 1.21 bits per heavy atom. The third kappa shape index (κ3) is 1.90. The summed E-state index contributed by atoms with van der Waals surface area (Å²) in [5, 5.41) is 6.35. The van der Waals surface area contributed by atoms with Gasteiger partial charge in [0.1, 0.15) is 0 Å². The van der Waals surface area contributed by atoms with Gasteiger partial charge in [0.15, 0.2) is 11.5 Å². The van der Waals surface area contributed by atoms with Gasteiger partial charge in [0, 0.05) is 24.8 Å². The molecule has 0 aliphatic carbocycles. The molecule has 0 atom stereocenters. The van der Waals surface area contributed by atoms with Crippen LogP contribution in [0, 0.1) is 0 Å². The van der Waals surface area contributed by atoms with E-state index in [1.54, 1.807) is 0 Å².